The van der Waals surface area contributed by atoms with Crippen LogP contribution in [0.25, 0.3) is 0 Å². The lowest BCUT2D eigenvalue weighted by molar-refractivity contribution is 0.131. The van der Waals surface area contributed by atoms with Crippen molar-refractivity contribution in [3.63, 3.8) is 0 Å². The van der Waals surface area contributed by atoms with Gasteiger partial charge in [-0.15, -0.1) is 0 Å². The zero-order valence-corrected chi connectivity index (χ0v) is 7.90. The Hall–Kier alpha value is -0.860. The number of aliphatic hydroxyl groups is 1. The highest BCUT2D eigenvalue weighted by Crippen LogP contribution is 2.21. The normalized spacial score (nSPS) is 22.8. The quantitative estimate of drug-likeness (QED) is 0.692. The first-order valence-electron chi connectivity index (χ1n) is 4.69. The Morgan fingerprint density at radius 1 is 1.38 bits per heavy atom. The largest absolute Gasteiger partial charge is 0.395 e. The Morgan fingerprint density at radius 2 is 2.08 bits per heavy atom. The minimum absolute atomic E-state index is 0.255. The number of likely N-dealkylation sites (N-methyl/N-ethyl adjacent to an activating group) is 1. The average molecular weight is 177 g/mol. The molecule has 1 aromatic rings. The molecular weight excluding hydrogens is 162 g/mol. The van der Waals surface area contributed by atoms with Crippen LogP contribution < -0.4 is 0 Å². The number of hydrogen-bond donors (Lipinski definition) is 1. The van der Waals surface area contributed by atoms with Gasteiger partial charge >= 0.3 is 0 Å². The summed E-state index contributed by atoms with van der Waals surface area (Å²) in [6, 6.07) is 8.77. The van der Waals surface area contributed by atoms with E-state index in [2.05, 4.69) is 36.2 Å². The molecule has 1 heterocycles. The summed E-state index contributed by atoms with van der Waals surface area (Å²) < 4.78 is 0. The predicted octanol–water partition coefficient (Wildman–Crippen LogP) is 1.04. The van der Waals surface area contributed by atoms with E-state index in [1.165, 1.54) is 11.1 Å². The van der Waals surface area contributed by atoms with Crippen LogP contribution in [0.2, 0.25) is 0 Å². The third-order valence-electron chi connectivity index (χ3n) is 2.83. The summed E-state index contributed by atoms with van der Waals surface area (Å²) in [5.41, 5.74) is 2.79. The maximum Gasteiger partial charge on any atom is 0.0590 e. The van der Waals surface area contributed by atoms with Gasteiger partial charge in [-0.1, -0.05) is 24.3 Å². The van der Waals surface area contributed by atoms with Gasteiger partial charge in [0.25, 0.3) is 0 Å². The second-order valence-electron chi connectivity index (χ2n) is 3.72. The number of rotatable bonds is 1. The van der Waals surface area contributed by atoms with E-state index in [9.17, 15) is 0 Å². The molecule has 0 bridgehead atoms. The van der Waals surface area contributed by atoms with Crippen molar-refractivity contribution in [2.45, 2.75) is 19.0 Å². The second-order valence-corrected chi connectivity index (χ2v) is 3.72. The Labute approximate surface area is 78.8 Å². The lowest BCUT2D eigenvalue weighted by atomic mass is 9.95. The third-order valence-corrected chi connectivity index (χ3v) is 2.83. The van der Waals surface area contributed by atoms with E-state index in [4.69, 9.17) is 5.11 Å². The van der Waals surface area contributed by atoms with Crippen LogP contribution >= 0.6 is 0 Å². The lowest BCUT2D eigenvalue weighted by Gasteiger charge is -2.32. The molecule has 0 radical (unpaired) electrons. The van der Waals surface area contributed by atoms with Crippen molar-refractivity contribution in [1.29, 1.82) is 0 Å². The lowest BCUT2D eigenvalue weighted by Crippen LogP contribution is -2.39. The first-order chi connectivity index (χ1) is 6.31. The number of hydrogen-bond acceptors (Lipinski definition) is 2. The highest BCUT2D eigenvalue weighted by molar-refractivity contribution is 5.29. The van der Waals surface area contributed by atoms with Gasteiger partial charge in [-0.2, -0.15) is 0 Å². The summed E-state index contributed by atoms with van der Waals surface area (Å²) in [6.45, 7) is 1.21. The van der Waals surface area contributed by atoms with Gasteiger partial charge in [0, 0.05) is 12.6 Å². The molecule has 13 heavy (non-hydrogen) atoms. The number of aliphatic hydroxyl groups excluding tert-OH is 1. The van der Waals surface area contributed by atoms with E-state index in [-0.39, 0.29) is 6.61 Å². The van der Waals surface area contributed by atoms with E-state index in [1.54, 1.807) is 0 Å². The van der Waals surface area contributed by atoms with Crippen molar-refractivity contribution in [2.24, 2.45) is 0 Å². The topological polar surface area (TPSA) is 23.5 Å². The van der Waals surface area contributed by atoms with Crippen molar-refractivity contribution in [2.75, 3.05) is 13.7 Å². The van der Waals surface area contributed by atoms with E-state index >= 15 is 0 Å². The average Bonchev–Trinajstić information content (AvgIpc) is 2.17. The van der Waals surface area contributed by atoms with Crippen LogP contribution in [0.3, 0.4) is 0 Å². The number of fused-ring (bicyclic) bond motifs is 1. The Morgan fingerprint density at radius 3 is 2.77 bits per heavy atom. The van der Waals surface area contributed by atoms with E-state index in [1.807, 2.05) is 0 Å². The van der Waals surface area contributed by atoms with Crippen LogP contribution in [-0.2, 0) is 13.0 Å². The van der Waals surface area contributed by atoms with E-state index < -0.39 is 0 Å². The van der Waals surface area contributed by atoms with Gasteiger partial charge in [0.15, 0.2) is 0 Å². The third kappa shape index (κ3) is 1.60. The van der Waals surface area contributed by atoms with E-state index in [0.717, 1.165) is 13.0 Å². The fourth-order valence-corrected chi connectivity index (χ4v) is 1.92. The fraction of sp³-hybridized carbons (Fsp3) is 0.455. The molecule has 0 aromatic heterocycles. The predicted molar refractivity (Wildman–Crippen MR) is 52.5 cm³/mol. The molecule has 1 aliphatic rings. The number of benzene rings is 1. The van der Waals surface area contributed by atoms with Gasteiger partial charge in [-0.3, -0.25) is 4.90 Å². The summed E-state index contributed by atoms with van der Waals surface area (Å²) in [7, 11) is 2.07. The molecule has 0 fully saturated rings. The molecule has 2 nitrogen and oxygen atoms in total. The van der Waals surface area contributed by atoms with Gasteiger partial charge in [-0.05, 0) is 24.6 Å². The van der Waals surface area contributed by atoms with Gasteiger partial charge in [0.1, 0.15) is 0 Å². The fourth-order valence-electron chi connectivity index (χ4n) is 1.92. The molecule has 2 heteroatoms. The van der Waals surface area contributed by atoms with Crippen molar-refractivity contribution in [1.82, 2.24) is 4.90 Å². The molecule has 1 unspecified atom stereocenters. The van der Waals surface area contributed by atoms with Gasteiger partial charge in [-0.25, -0.2) is 0 Å². The van der Waals surface area contributed by atoms with Crippen LogP contribution in [0.1, 0.15) is 11.1 Å². The minimum atomic E-state index is 0.255. The Kier molecular flexibility index (Phi) is 2.34. The number of nitrogens with zero attached hydrogens (tertiary/aromatic N) is 1. The first-order valence-corrected chi connectivity index (χ1v) is 4.69. The molecule has 0 saturated carbocycles. The summed E-state index contributed by atoms with van der Waals surface area (Å²) >= 11 is 0. The van der Waals surface area contributed by atoms with Crippen LogP contribution in [0.5, 0.6) is 0 Å². The molecule has 0 saturated heterocycles. The summed E-state index contributed by atoms with van der Waals surface area (Å²) in [6.07, 6.45) is 0.975. The highest BCUT2D eigenvalue weighted by atomic mass is 16.3. The molecule has 2 rings (SSSR count). The van der Waals surface area contributed by atoms with E-state index in [0.29, 0.717) is 6.04 Å². The minimum Gasteiger partial charge on any atom is -0.395 e. The zero-order chi connectivity index (χ0) is 9.26. The zero-order valence-electron chi connectivity index (χ0n) is 7.90. The van der Waals surface area contributed by atoms with Crippen molar-refractivity contribution in [3.8, 4) is 0 Å². The Bertz CT molecular complexity index is 298. The second kappa shape index (κ2) is 3.48. The van der Waals surface area contributed by atoms with Crippen LogP contribution in [0, 0.1) is 0 Å². The summed E-state index contributed by atoms with van der Waals surface area (Å²) in [5.74, 6) is 0. The van der Waals surface area contributed by atoms with Gasteiger partial charge in [0.2, 0.25) is 0 Å². The molecule has 70 valence electrons. The van der Waals surface area contributed by atoms with Crippen LogP contribution in [0.15, 0.2) is 24.3 Å². The molecule has 0 aliphatic carbocycles. The van der Waals surface area contributed by atoms with Crippen LogP contribution in [0.4, 0.5) is 0 Å². The smallest absolute Gasteiger partial charge is 0.0590 e. The standard InChI is InChI=1S/C11H15NO/c1-12-7-10-5-3-2-4-9(10)6-11(12)8-13/h2-5,11,13H,6-8H2,1H3. The van der Waals surface area contributed by atoms with Crippen molar-refractivity contribution < 1.29 is 5.11 Å². The monoisotopic (exact) mass is 177 g/mol. The highest BCUT2D eigenvalue weighted by Gasteiger charge is 2.21. The van der Waals surface area contributed by atoms with Crippen LogP contribution in [-0.4, -0.2) is 29.7 Å². The molecule has 1 N–H and O–H groups in total. The first kappa shape index (κ1) is 8.73. The SMILES string of the molecule is CN1Cc2ccccc2CC1CO. The van der Waals surface area contributed by atoms with Crippen molar-refractivity contribution >= 4 is 0 Å². The molecule has 1 aromatic carbocycles. The van der Waals surface area contributed by atoms with Gasteiger partial charge < -0.3 is 5.11 Å². The Balaban J connectivity index is 2.27. The molecule has 0 amide bonds. The van der Waals surface area contributed by atoms with Crippen molar-refractivity contribution in [3.05, 3.63) is 35.4 Å². The van der Waals surface area contributed by atoms with Gasteiger partial charge in [0.05, 0.1) is 6.61 Å². The maximum absolute atomic E-state index is 9.15. The maximum atomic E-state index is 9.15. The summed E-state index contributed by atoms with van der Waals surface area (Å²) in [4.78, 5) is 2.21. The molecule has 1 atom stereocenters. The summed E-state index contributed by atoms with van der Waals surface area (Å²) in [5, 5.41) is 9.15. The molecule has 1 aliphatic heterocycles. The molecule has 0 spiro atoms. The molecular formula is C11H15NO.